The molecule has 1 saturated carbocycles. The van der Waals surface area contributed by atoms with Gasteiger partial charge in [0.2, 0.25) is 5.91 Å². The Labute approximate surface area is 111 Å². The van der Waals surface area contributed by atoms with E-state index in [-0.39, 0.29) is 11.9 Å². The molecule has 2 rings (SSSR count). The molecule has 0 unspecified atom stereocenters. The quantitative estimate of drug-likeness (QED) is 0.807. The van der Waals surface area contributed by atoms with Crippen LogP contribution in [0.15, 0.2) is 0 Å². The van der Waals surface area contributed by atoms with Gasteiger partial charge in [-0.15, -0.1) is 0 Å². The van der Waals surface area contributed by atoms with Crippen molar-refractivity contribution in [3.8, 4) is 0 Å². The number of hydrogen-bond donors (Lipinski definition) is 2. The molecule has 2 N–H and O–H groups in total. The molecule has 0 radical (unpaired) electrons. The molecule has 0 aromatic carbocycles. The predicted octanol–water partition coefficient (Wildman–Crippen LogP) is 2.46. The van der Waals surface area contributed by atoms with Crippen molar-refractivity contribution in [3.05, 3.63) is 0 Å². The first-order valence-corrected chi connectivity index (χ1v) is 7.77. The van der Waals surface area contributed by atoms with Gasteiger partial charge < -0.3 is 10.6 Å². The van der Waals surface area contributed by atoms with Crippen molar-refractivity contribution in [2.45, 2.75) is 64.3 Å². The van der Waals surface area contributed by atoms with Gasteiger partial charge in [0, 0.05) is 6.54 Å². The smallest absolute Gasteiger partial charge is 0.237 e. The Morgan fingerprint density at radius 1 is 1.17 bits per heavy atom. The highest BCUT2D eigenvalue weighted by Crippen LogP contribution is 2.29. The van der Waals surface area contributed by atoms with E-state index in [0.717, 1.165) is 31.3 Å². The lowest BCUT2D eigenvalue weighted by Gasteiger charge is -2.27. The highest BCUT2D eigenvalue weighted by molar-refractivity contribution is 5.81. The van der Waals surface area contributed by atoms with Crippen LogP contribution in [-0.2, 0) is 4.79 Å². The molecule has 3 heteroatoms. The minimum atomic E-state index is 0.0742. The summed E-state index contributed by atoms with van der Waals surface area (Å²) in [6.45, 7) is 4.22. The van der Waals surface area contributed by atoms with E-state index in [1.165, 1.54) is 44.9 Å². The van der Waals surface area contributed by atoms with Gasteiger partial charge in [-0.3, -0.25) is 4.79 Å². The molecule has 18 heavy (non-hydrogen) atoms. The maximum Gasteiger partial charge on any atom is 0.237 e. The van der Waals surface area contributed by atoms with E-state index in [1.807, 2.05) is 0 Å². The van der Waals surface area contributed by atoms with Crippen molar-refractivity contribution in [2.24, 2.45) is 11.8 Å². The molecule has 1 amide bonds. The van der Waals surface area contributed by atoms with E-state index in [2.05, 4.69) is 17.6 Å². The van der Waals surface area contributed by atoms with Crippen LogP contribution in [0.25, 0.3) is 0 Å². The first kappa shape index (κ1) is 13.9. The average molecular weight is 252 g/mol. The van der Waals surface area contributed by atoms with Crippen LogP contribution in [0.3, 0.4) is 0 Å². The van der Waals surface area contributed by atoms with Gasteiger partial charge in [-0.2, -0.15) is 0 Å². The third-order valence-corrected chi connectivity index (χ3v) is 4.61. The summed E-state index contributed by atoms with van der Waals surface area (Å²) in [6, 6.07) is 0.0742. The fraction of sp³-hybridized carbons (Fsp3) is 0.933. The second kappa shape index (κ2) is 7.13. The third-order valence-electron chi connectivity index (χ3n) is 4.61. The molecule has 1 aliphatic heterocycles. The Balaban J connectivity index is 1.58. The summed E-state index contributed by atoms with van der Waals surface area (Å²) in [6.07, 6.45) is 10.1. The van der Waals surface area contributed by atoms with Crippen molar-refractivity contribution in [2.75, 3.05) is 13.1 Å². The predicted molar refractivity (Wildman–Crippen MR) is 74.4 cm³/mol. The normalized spacial score (nSPS) is 33.1. The van der Waals surface area contributed by atoms with E-state index in [4.69, 9.17) is 0 Å². The van der Waals surface area contributed by atoms with Crippen LogP contribution in [0, 0.1) is 11.8 Å². The SMILES string of the molecule is CC1CCC(CCNC(=O)[C@@H]2CCCCN2)CC1. The molecular weight excluding hydrogens is 224 g/mol. The maximum absolute atomic E-state index is 11.9. The second-order valence-electron chi connectivity index (χ2n) is 6.21. The van der Waals surface area contributed by atoms with Gasteiger partial charge in [0.15, 0.2) is 0 Å². The maximum atomic E-state index is 11.9. The van der Waals surface area contributed by atoms with E-state index in [0.29, 0.717) is 0 Å². The van der Waals surface area contributed by atoms with Crippen molar-refractivity contribution in [1.29, 1.82) is 0 Å². The third kappa shape index (κ3) is 4.27. The highest BCUT2D eigenvalue weighted by atomic mass is 16.2. The summed E-state index contributed by atoms with van der Waals surface area (Å²) in [5.41, 5.74) is 0. The Kier molecular flexibility index (Phi) is 5.48. The lowest BCUT2D eigenvalue weighted by molar-refractivity contribution is -0.123. The van der Waals surface area contributed by atoms with Crippen LogP contribution in [0.1, 0.15) is 58.3 Å². The molecule has 3 nitrogen and oxygen atoms in total. The van der Waals surface area contributed by atoms with Crippen molar-refractivity contribution < 1.29 is 4.79 Å². The fourth-order valence-corrected chi connectivity index (χ4v) is 3.22. The van der Waals surface area contributed by atoms with E-state index in [9.17, 15) is 4.79 Å². The average Bonchev–Trinajstić information content (AvgIpc) is 2.42. The minimum Gasteiger partial charge on any atom is -0.355 e. The minimum absolute atomic E-state index is 0.0742. The van der Waals surface area contributed by atoms with Gasteiger partial charge >= 0.3 is 0 Å². The molecular formula is C15H28N2O. The van der Waals surface area contributed by atoms with E-state index < -0.39 is 0 Å². The zero-order valence-electron chi connectivity index (χ0n) is 11.7. The van der Waals surface area contributed by atoms with Crippen LogP contribution < -0.4 is 10.6 Å². The molecule has 2 fully saturated rings. The molecule has 0 aromatic heterocycles. The van der Waals surface area contributed by atoms with Gasteiger partial charge in [0.1, 0.15) is 0 Å². The lowest BCUT2D eigenvalue weighted by atomic mass is 9.81. The summed E-state index contributed by atoms with van der Waals surface area (Å²) in [7, 11) is 0. The largest absolute Gasteiger partial charge is 0.355 e. The van der Waals surface area contributed by atoms with Crippen molar-refractivity contribution in [3.63, 3.8) is 0 Å². The lowest BCUT2D eigenvalue weighted by Crippen LogP contribution is -2.47. The van der Waals surface area contributed by atoms with Crippen LogP contribution in [0.4, 0.5) is 0 Å². The number of carbonyl (C=O) groups is 1. The standard InChI is InChI=1S/C15H28N2O/c1-12-5-7-13(8-6-12)9-11-17-15(18)14-4-2-3-10-16-14/h12-14,16H,2-11H2,1H3,(H,17,18)/t12?,13?,14-/m0/s1. The number of hydrogen-bond acceptors (Lipinski definition) is 2. The van der Waals surface area contributed by atoms with Crippen molar-refractivity contribution >= 4 is 5.91 Å². The van der Waals surface area contributed by atoms with Gasteiger partial charge in [0.25, 0.3) is 0 Å². The van der Waals surface area contributed by atoms with Crippen LogP contribution in [0.2, 0.25) is 0 Å². The Morgan fingerprint density at radius 2 is 1.94 bits per heavy atom. The van der Waals surface area contributed by atoms with Crippen LogP contribution in [0.5, 0.6) is 0 Å². The number of carbonyl (C=O) groups excluding carboxylic acids is 1. The Bertz CT molecular complexity index is 253. The number of rotatable bonds is 4. The summed E-state index contributed by atoms with van der Waals surface area (Å²) < 4.78 is 0. The molecule has 0 aromatic rings. The summed E-state index contributed by atoms with van der Waals surface area (Å²) in [4.78, 5) is 11.9. The Hall–Kier alpha value is -0.570. The number of piperidine rings is 1. The van der Waals surface area contributed by atoms with E-state index >= 15 is 0 Å². The van der Waals surface area contributed by atoms with Gasteiger partial charge in [-0.25, -0.2) is 0 Å². The monoisotopic (exact) mass is 252 g/mol. The number of amides is 1. The molecule has 1 atom stereocenters. The highest BCUT2D eigenvalue weighted by Gasteiger charge is 2.21. The topological polar surface area (TPSA) is 41.1 Å². The molecule has 1 saturated heterocycles. The van der Waals surface area contributed by atoms with Crippen molar-refractivity contribution in [1.82, 2.24) is 10.6 Å². The molecule has 0 spiro atoms. The molecule has 1 aliphatic carbocycles. The van der Waals surface area contributed by atoms with Crippen LogP contribution >= 0.6 is 0 Å². The second-order valence-corrected chi connectivity index (χ2v) is 6.21. The van der Waals surface area contributed by atoms with Gasteiger partial charge in [-0.05, 0) is 37.6 Å². The zero-order valence-corrected chi connectivity index (χ0v) is 11.7. The van der Waals surface area contributed by atoms with Crippen LogP contribution in [-0.4, -0.2) is 25.0 Å². The molecule has 104 valence electrons. The summed E-state index contributed by atoms with van der Waals surface area (Å²) >= 11 is 0. The van der Waals surface area contributed by atoms with Gasteiger partial charge in [-0.1, -0.05) is 39.0 Å². The fourth-order valence-electron chi connectivity index (χ4n) is 3.22. The first-order valence-electron chi connectivity index (χ1n) is 7.77. The summed E-state index contributed by atoms with van der Waals surface area (Å²) in [5, 5.41) is 6.41. The Morgan fingerprint density at radius 3 is 2.61 bits per heavy atom. The number of nitrogens with one attached hydrogen (secondary N) is 2. The van der Waals surface area contributed by atoms with Gasteiger partial charge in [0.05, 0.1) is 6.04 Å². The summed E-state index contributed by atoms with van der Waals surface area (Å²) in [5.74, 6) is 1.99. The molecule has 2 aliphatic rings. The molecule has 1 heterocycles. The first-order chi connectivity index (χ1) is 8.75. The zero-order chi connectivity index (χ0) is 12.8. The van der Waals surface area contributed by atoms with E-state index in [1.54, 1.807) is 0 Å². The molecule has 0 bridgehead atoms.